The Morgan fingerprint density at radius 3 is 2.44 bits per heavy atom. The summed E-state index contributed by atoms with van der Waals surface area (Å²) in [5, 5.41) is 4.35. The smallest absolute Gasteiger partial charge is 0.397 e. The Kier molecular flexibility index (Phi) is 10.9. The van der Waals surface area contributed by atoms with Crippen LogP contribution in [0.1, 0.15) is 27.0 Å². The minimum atomic E-state index is -4.58. The molecule has 0 unspecified atom stereocenters. The molecule has 1 aliphatic rings. The van der Waals surface area contributed by atoms with Gasteiger partial charge < -0.3 is 30.5 Å². The molecule has 4 N–H and O–H groups in total. The van der Waals surface area contributed by atoms with Crippen molar-refractivity contribution >= 4 is 34.4 Å². The molecule has 1 aliphatic heterocycles. The number of hydrogen-bond acceptors (Lipinski definition) is 9. The fourth-order valence-electron chi connectivity index (χ4n) is 4.81. The third-order valence-corrected chi connectivity index (χ3v) is 7.50. The van der Waals surface area contributed by atoms with Crippen LogP contribution in [0.15, 0.2) is 61.1 Å². The van der Waals surface area contributed by atoms with Crippen LogP contribution in [-0.4, -0.2) is 83.4 Å². The first-order chi connectivity index (χ1) is 21.3. The third-order valence-electron chi connectivity index (χ3n) is 7.50. The van der Waals surface area contributed by atoms with E-state index < -0.39 is 17.6 Å². The van der Waals surface area contributed by atoms with Crippen molar-refractivity contribution in [3.63, 3.8) is 0 Å². The second kappa shape index (κ2) is 14.6. The van der Waals surface area contributed by atoms with Gasteiger partial charge >= 0.3 is 6.18 Å². The number of amides is 1. The molecule has 0 aliphatic carbocycles. The summed E-state index contributed by atoms with van der Waals surface area (Å²) in [4.78, 5) is 23.6. The van der Waals surface area contributed by atoms with Gasteiger partial charge in [0.1, 0.15) is 0 Å². The molecule has 0 atom stereocenters. The number of alkyl halides is 3. The second-order valence-electron chi connectivity index (χ2n) is 11.2. The van der Waals surface area contributed by atoms with Crippen LogP contribution in [0.4, 0.5) is 35.9 Å². The third kappa shape index (κ3) is 8.87. The molecule has 0 radical (unpaired) electrons. The zero-order chi connectivity index (χ0) is 32.7. The SMILES string of the molecule is CNN(/C=C(\N)c1cncc(N2CCOCC2)c1)c1cc(C(=O)Nc2cc(N(C)CCN(C)C)cc(C(F)(F)F)c2)ccc1C. The zero-order valence-corrected chi connectivity index (χ0v) is 26.3. The molecule has 1 fully saturated rings. The van der Waals surface area contributed by atoms with Crippen molar-refractivity contribution in [2.24, 2.45) is 5.73 Å². The van der Waals surface area contributed by atoms with Crippen molar-refractivity contribution in [3.05, 3.63) is 83.3 Å². The van der Waals surface area contributed by atoms with Crippen LogP contribution in [0.3, 0.4) is 0 Å². The summed E-state index contributed by atoms with van der Waals surface area (Å²) in [5.74, 6) is -0.548. The van der Waals surface area contributed by atoms with E-state index in [1.807, 2.05) is 32.0 Å². The fraction of sp³-hybridized carbons (Fsp3) is 0.375. The predicted octanol–water partition coefficient (Wildman–Crippen LogP) is 4.39. The van der Waals surface area contributed by atoms with Crippen molar-refractivity contribution in [1.29, 1.82) is 0 Å². The minimum absolute atomic E-state index is 0.0471. The number of carbonyl (C=O) groups is 1. The van der Waals surface area contributed by atoms with Gasteiger partial charge in [0.15, 0.2) is 0 Å². The van der Waals surface area contributed by atoms with Crippen molar-refractivity contribution in [2.45, 2.75) is 13.1 Å². The van der Waals surface area contributed by atoms with E-state index in [0.717, 1.165) is 42.0 Å². The van der Waals surface area contributed by atoms with Crippen LogP contribution in [-0.2, 0) is 10.9 Å². The van der Waals surface area contributed by atoms with Gasteiger partial charge in [-0.3, -0.25) is 14.8 Å². The number of likely N-dealkylation sites (N-methyl/N-ethyl adjacent to an activating group) is 2. The summed E-state index contributed by atoms with van der Waals surface area (Å²) in [6, 6.07) is 10.6. The van der Waals surface area contributed by atoms with Gasteiger partial charge in [0.25, 0.3) is 5.91 Å². The van der Waals surface area contributed by atoms with E-state index in [4.69, 9.17) is 10.5 Å². The Morgan fingerprint density at radius 2 is 1.78 bits per heavy atom. The molecule has 45 heavy (non-hydrogen) atoms. The maximum Gasteiger partial charge on any atom is 0.416 e. The van der Waals surface area contributed by atoms with Gasteiger partial charge in [-0.05, 0) is 63.0 Å². The lowest BCUT2D eigenvalue weighted by atomic mass is 10.1. The summed E-state index contributed by atoms with van der Waals surface area (Å²) in [6.07, 6.45) is 0.597. The van der Waals surface area contributed by atoms with Gasteiger partial charge in [0.05, 0.1) is 42.0 Å². The molecule has 0 saturated carbocycles. The predicted molar refractivity (Wildman–Crippen MR) is 173 cm³/mol. The number of ether oxygens (including phenoxy) is 1. The number of aromatic nitrogens is 1. The number of nitrogens with two attached hydrogens (primary N) is 1. The highest BCUT2D eigenvalue weighted by molar-refractivity contribution is 6.05. The van der Waals surface area contributed by atoms with E-state index in [9.17, 15) is 18.0 Å². The van der Waals surface area contributed by atoms with Crippen LogP contribution < -0.4 is 31.3 Å². The lowest BCUT2D eigenvalue weighted by Gasteiger charge is -2.29. The number of aryl methyl sites for hydroxylation is 1. The summed E-state index contributed by atoms with van der Waals surface area (Å²) >= 11 is 0. The van der Waals surface area contributed by atoms with E-state index in [-0.39, 0.29) is 11.3 Å². The van der Waals surface area contributed by atoms with E-state index >= 15 is 0 Å². The molecule has 1 amide bonds. The molecule has 2 heterocycles. The highest BCUT2D eigenvalue weighted by Gasteiger charge is 2.32. The highest BCUT2D eigenvalue weighted by Crippen LogP contribution is 2.34. The average molecular weight is 627 g/mol. The Hall–Kier alpha value is -4.33. The Morgan fingerprint density at radius 1 is 1.04 bits per heavy atom. The number of rotatable bonds is 11. The number of anilines is 4. The molecule has 242 valence electrons. The summed E-state index contributed by atoms with van der Waals surface area (Å²) in [7, 11) is 7.22. The van der Waals surface area contributed by atoms with Crippen LogP contribution in [0.5, 0.6) is 0 Å². The van der Waals surface area contributed by atoms with Gasteiger partial charge in [0.2, 0.25) is 0 Å². The lowest BCUT2D eigenvalue weighted by Crippen LogP contribution is -2.36. The van der Waals surface area contributed by atoms with Gasteiger partial charge in [0, 0.05) is 75.2 Å². The number of hydrazine groups is 1. The van der Waals surface area contributed by atoms with Crippen molar-refractivity contribution in [1.82, 2.24) is 15.3 Å². The van der Waals surface area contributed by atoms with Gasteiger partial charge in [-0.2, -0.15) is 13.2 Å². The molecular weight excluding hydrogens is 585 g/mol. The number of morpholine rings is 1. The van der Waals surface area contributed by atoms with Crippen molar-refractivity contribution in [2.75, 3.05) is 87.7 Å². The Balaban J connectivity index is 1.58. The van der Waals surface area contributed by atoms with E-state index in [1.54, 1.807) is 66.9 Å². The molecule has 0 spiro atoms. The summed E-state index contributed by atoms with van der Waals surface area (Å²) in [5.41, 5.74) is 13.0. The maximum atomic E-state index is 13.8. The summed E-state index contributed by atoms with van der Waals surface area (Å²) in [6.45, 7) is 5.87. The van der Waals surface area contributed by atoms with E-state index in [1.165, 1.54) is 0 Å². The molecule has 4 rings (SSSR count). The number of carbonyl (C=O) groups excluding carboxylic acids is 1. The second-order valence-corrected chi connectivity index (χ2v) is 11.2. The number of hydrogen-bond donors (Lipinski definition) is 3. The van der Waals surface area contributed by atoms with E-state index in [0.29, 0.717) is 43.4 Å². The Bertz CT molecular complexity index is 1510. The maximum absolute atomic E-state index is 13.8. The summed E-state index contributed by atoms with van der Waals surface area (Å²) < 4.78 is 46.8. The topological polar surface area (TPSA) is 102 Å². The van der Waals surface area contributed by atoms with Crippen LogP contribution in [0.25, 0.3) is 5.70 Å². The van der Waals surface area contributed by atoms with Gasteiger partial charge in [-0.1, -0.05) is 6.07 Å². The first kappa shape index (κ1) is 33.6. The lowest BCUT2D eigenvalue weighted by molar-refractivity contribution is -0.137. The standard InChI is InChI=1S/C32H41F3N8O2/c1-22-6-7-23(31(44)39-26-16-25(32(33,34)35)17-27(18-26)41(5)9-8-40(3)4)15-30(22)43(37-2)21-29(36)24-14-28(20-38-19-24)42-10-12-45-13-11-42/h6-7,14-21,37H,8-13,36H2,1-5H3,(H,39,44)/b29-21-. The van der Waals surface area contributed by atoms with Crippen LogP contribution >= 0.6 is 0 Å². The molecular formula is C32H41F3N8O2. The first-order valence-electron chi connectivity index (χ1n) is 14.6. The zero-order valence-electron chi connectivity index (χ0n) is 26.3. The van der Waals surface area contributed by atoms with E-state index in [2.05, 4.69) is 20.6 Å². The number of halogens is 3. The molecule has 10 nitrogen and oxygen atoms in total. The van der Waals surface area contributed by atoms with Gasteiger partial charge in [-0.25, -0.2) is 5.43 Å². The number of nitrogens with one attached hydrogen (secondary N) is 2. The normalized spacial score (nSPS) is 14.1. The number of nitrogens with zero attached hydrogens (tertiary/aromatic N) is 5. The number of pyridine rings is 1. The quantitative estimate of drug-likeness (QED) is 0.268. The monoisotopic (exact) mass is 626 g/mol. The molecule has 13 heteroatoms. The molecule has 0 bridgehead atoms. The van der Waals surface area contributed by atoms with Crippen molar-refractivity contribution < 1.29 is 22.7 Å². The minimum Gasteiger partial charge on any atom is -0.397 e. The van der Waals surface area contributed by atoms with Gasteiger partial charge in [-0.15, -0.1) is 0 Å². The van der Waals surface area contributed by atoms with Crippen molar-refractivity contribution in [3.8, 4) is 0 Å². The average Bonchev–Trinajstić information content (AvgIpc) is 3.02. The molecule has 3 aromatic rings. The first-order valence-corrected chi connectivity index (χ1v) is 14.6. The van der Waals surface area contributed by atoms with Crippen LogP contribution in [0, 0.1) is 6.92 Å². The Labute approximate surface area is 262 Å². The highest BCUT2D eigenvalue weighted by atomic mass is 19.4. The van der Waals surface area contributed by atoms with Crippen LogP contribution in [0.2, 0.25) is 0 Å². The number of benzene rings is 2. The molecule has 1 aromatic heterocycles. The largest absolute Gasteiger partial charge is 0.416 e. The molecule has 2 aromatic carbocycles. The molecule has 1 saturated heterocycles. The fourth-order valence-corrected chi connectivity index (χ4v) is 4.81.